The Morgan fingerprint density at radius 1 is 1.23 bits per heavy atom. The number of aromatic nitrogens is 2. The molecule has 0 aliphatic heterocycles. The van der Waals surface area contributed by atoms with Crippen molar-refractivity contribution in [3.63, 3.8) is 0 Å². The van der Waals surface area contributed by atoms with Crippen LogP contribution in [0.25, 0.3) is 11.0 Å². The Balaban J connectivity index is 1.61. The first kappa shape index (κ1) is 14.1. The molecule has 1 N–H and O–H groups in total. The highest BCUT2D eigenvalue weighted by atomic mass is 32.2. The highest BCUT2D eigenvalue weighted by molar-refractivity contribution is 7.90. The summed E-state index contributed by atoms with van der Waals surface area (Å²) in [4.78, 5) is 12.4. The molecule has 4 rings (SSSR count). The number of carbonyl (C=O) groups excluding carboxylic acids is 1. The summed E-state index contributed by atoms with van der Waals surface area (Å²) in [5.74, 6) is 0.403. The van der Waals surface area contributed by atoms with E-state index >= 15 is 0 Å². The smallest absolute Gasteiger partial charge is 0.266 e. The van der Waals surface area contributed by atoms with Gasteiger partial charge in [0.05, 0.1) is 11.7 Å². The van der Waals surface area contributed by atoms with Crippen LogP contribution in [0.1, 0.15) is 25.7 Å². The van der Waals surface area contributed by atoms with Gasteiger partial charge < -0.3 is 0 Å². The van der Waals surface area contributed by atoms with Crippen LogP contribution < -0.4 is 4.72 Å². The second-order valence-electron chi connectivity index (χ2n) is 6.14. The number of amides is 1. The fourth-order valence-corrected chi connectivity index (χ4v) is 5.62. The molecule has 8 heteroatoms. The van der Waals surface area contributed by atoms with E-state index in [0.717, 1.165) is 31.0 Å². The zero-order valence-electron chi connectivity index (χ0n) is 11.7. The first-order chi connectivity index (χ1) is 10.5. The van der Waals surface area contributed by atoms with E-state index in [0.29, 0.717) is 22.9 Å². The third kappa shape index (κ3) is 2.21. The van der Waals surface area contributed by atoms with Gasteiger partial charge in [-0.2, -0.15) is 8.75 Å². The summed E-state index contributed by atoms with van der Waals surface area (Å²) in [6.07, 6.45) is 4.08. The lowest BCUT2D eigenvalue weighted by Gasteiger charge is -2.20. The molecule has 2 aromatic rings. The summed E-state index contributed by atoms with van der Waals surface area (Å²) < 4.78 is 35.4. The molecule has 2 aliphatic carbocycles. The Morgan fingerprint density at radius 3 is 2.82 bits per heavy atom. The number of nitrogens with one attached hydrogen (secondary N) is 1. The quantitative estimate of drug-likeness (QED) is 0.924. The molecule has 0 spiro atoms. The molecule has 116 valence electrons. The van der Waals surface area contributed by atoms with Crippen molar-refractivity contribution in [2.45, 2.75) is 30.6 Å². The molecular weight excluding hydrogens is 322 g/mol. The highest BCUT2D eigenvalue weighted by Gasteiger charge is 2.44. The first-order valence-electron chi connectivity index (χ1n) is 7.32. The van der Waals surface area contributed by atoms with Gasteiger partial charge in [0.25, 0.3) is 10.0 Å². The molecule has 2 aliphatic rings. The van der Waals surface area contributed by atoms with Gasteiger partial charge in [-0.3, -0.25) is 4.79 Å². The molecule has 1 aromatic carbocycles. The highest BCUT2D eigenvalue weighted by Crippen LogP contribution is 2.48. The summed E-state index contributed by atoms with van der Waals surface area (Å²) in [5, 5.41) is 0. The molecule has 3 atom stereocenters. The van der Waals surface area contributed by atoms with Crippen molar-refractivity contribution < 1.29 is 13.2 Å². The average molecular weight is 337 g/mol. The van der Waals surface area contributed by atoms with Crippen LogP contribution in [0, 0.1) is 17.8 Å². The number of carbonyl (C=O) groups is 1. The van der Waals surface area contributed by atoms with E-state index in [1.165, 1.54) is 12.5 Å². The normalized spacial score (nSPS) is 27.4. The number of fused-ring (bicyclic) bond motifs is 3. The van der Waals surface area contributed by atoms with Gasteiger partial charge in [0.15, 0.2) is 0 Å². The van der Waals surface area contributed by atoms with E-state index in [1.54, 1.807) is 12.1 Å². The number of benzene rings is 1. The van der Waals surface area contributed by atoms with Gasteiger partial charge in [-0.05, 0) is 43.2 Å². The minimum absolute atomic E-state index is 0.0234. The Morgan fingerprint density at radius 2 is 2.09 bits per heavy atom. The van der Waals surface area contributed by atoms with Gasteiger partial charge in [0.2, 0.25) is 5.91 Å². The Hall–Kier alpha value is -1.54. The fraction of sp³-hybridized carbons (Fsp3) is 0.500. The lowest BCUT2D eigenvalue weighted by Crippen LogP contribution is -2.37. The topological polar surface area (TPSA) is 89.0 Å². The Bertz CT molecular complexity index is 846. The minimum Gasteiger partial charge on any atom is -0.274 e. The SMILES string of the molecule is O=C(NS(=O)(=O)c1cccc2nsnc12)[C@@H]1C[C@H]2CC[C@H]1C2. The first-order valence-corrected chi connectivity index (χ1v) is 9.54. The van der Waals surface area contributed by atoms with Crippen molar-refractivity contribution in [3.8, 4) is 0 Å². The summed E-state index contributed by atoms with van der Waals surface area (Å²) in [6, 6.07) is 4.77. The van der Waals surface area contributed by atoms with Crippen LogP contribution in [0.5, 0.6) is 0 Å². The van der Waals surface area contributed by atoms with E-state index in [-0.39, 0.29) is 16.7 Å². The number of nitrogens with zero attached hydrogens (tertiary/aromatic N) is 2. The molecule has 2 fully saturated rings. The van der Waals surface area contributed by atoms with Crippen LogP contribution in [0.4, 0.5) is 0 Å². The van der Waals surface area contributed by atoms with Crippen molar-refractivity contribution in [2.24, 2.45) is 17.8 Å². The van der Waals surface area contributed by atoms with Crippen LogP contribution in [-0.2, 0) is 14.8 Å². The van der Waals surface area contributed by atoms with Crippen molar-refractivity contribution >= 4 is 38.7 Å². The van der Waals surface area contributed by atoms with E-state index in [2.05, 4.69) is 13.5 Å². The number of rotatable bonds is 3. The van der Waals surface area contributed by atoms with Gasteiger partial charge in [0.1, 0.15) is 15.9 Å². The maximum absolute atomic E-state index is 12.5. The molecule has 0 unspecified atom stereocenters. The van der Waals surface area contributed by atoms with Crippen molar-refractivity contribution in [2.75, 3.05) is 0 Å². The van der Waals surface area contributed by atoms with Crippen LogP contribution in [0.15, 0.2) is 23.1 Å². The summed E-state index contributed by atoms with van der Waals surface area (Å²) >= 11 is 0.960. The standard InChI is InChI=1S/C14H15N3O3S2/c18-14(10-7-8-4-5-9(10)6-8)17-22(19,20)12-3-1-2-11-13(12)16-21-15-11/h1-3,8-10H,4-7H2,(H,17,18)/t8-,9-,10+/m0/s1. The minimum atomic E-state index is -3.91. The maximum Gasteiger partial charge on any atom is 0.266 e. The number of hydrogen-bond donors (Lipinski definition) is 1. The van der Waals surface area contributed by atoms with E-state index in [4.69, 9.17) is 0 Å². The molecular formula is C14H15N3O3S2. The molecule has 2 saturated carbocycles. The molecule has 1 aromatic heterocycles. The van der Waals surface area contributed by atoms with E-state index in [9.17, 15) is 13.2 Å². The third-order valence-corrected chi connectivity index (χ3v) is 6.77. The molecule has 1 heterocycles. The lowest BCUT2D eigenvalue weighted by atomic mass is 9.88. The predicted octanol–water partition coefficient (Wildman–Crippen LogP) is 1.93. The van der Waals surface area contributed by atoms with Gasteiger partial charge in [-0.1, -0.05) is 12.5 Å². The van der Waals surface area contributed by atoms with Gasteiger partial charge in [0, 0.05) is 5.92 Å². The van der Waals surface area contributed by atoms with Crippen LogP contribution in [-0.4, -0.2) is 23.1 Å². The molecule has 22 heavy (non-hydrogen) atoms. The van der Waals surface area contributed by atoms with Gasteiger partial charge in [-0.25, -0.2) is 13.1 Å². The number of sulfonamides is 1. The van der Waals surface area contributed by atoms with E-state index in [1.807, 2.05) is 0 Å². The van der Waals surface area contributed by atoms with Crippen molar-refractivity contribution in [3.05, 3.63) is 18.2 Å². The number of hydrogen-bond acceptors (Lipinski definition) is 6. The second-order valence-corrected chi connectivity index (χ2v) is 8.32. The van der Waals surface area contributed by atoms with E-state index < -0.39 is 10.0 Å². The van der Waals surface area contributed by atoms with Crippen LogP contribution in [0.3, 0.4) is 0 Å². The average Bonchev–Trinajstić information content (AvgIpc) is 3.21. The predicted molar refractivity (Wildman–Crippen MR) is 81.7 cm³/mol. The Kier molecular flexibility index (Phi) is 3.19. The summed E-state index contributed by atoms with van der Waals surface area (Å²) in [7, 11) is -3.91. The maximum atomic E-state index is 12.5. The molecule has 0 radical (unpaired) electrons. The fourth-order valence-electron chi connectivity index (χ4n) is 3.83. The monoisotopic (exact) mass is 337 g/mol. The molecule has 1 amide bonds. The van der Waals surface area contributed by atoms with Crippen LogP contribution in [0.2, 0.25) is 0 Å². The molecule has 2 bridgehead atoms. The summed E-state index contributed by atoms with van der Waals surface area (Å²) in [5.41, 5.74) is 0.848. The van der Waals surface area contributed by atoms with Crippen molar-refractivity contribution in [1.29, 1.82) is 0 Å². The summed E-state index contributed by atoms with van der Waals surface area (Å²) in [6.45, 7) is 0. The third-order valence-electron chi connectivity index (χ3n) is 4.85. The van der Waals surface area contributed by atoms with Gasteiger partial charge >= 0.3 is 0 Å². The van der Waals surface area contributed by atoms with Crippen LogP contribution >= 0.6 is 11.7 Å². The van der Waals surface area contributed by atoms with Gasteiger partial charge in [-0.15, -0.1) is 0 Å². The zero-order chi connectivity index (χ0) is 15.3. The van der Waals surface area contributed by atoms with Crippen molar-refractivity contribution in [1.82, 2.24) is 13.5 Å². The zero-order valence-corrected chi connectivity index (χ0v) is 13.4. The second kappa shape index (κ2) is 4.99. The Labute approximate surface area is 132 Å². The molecule has 0 saturated heterocycles. The molecule has 6 nitrogen and oxygen atoms in total. The lowest BCUT2D eigenvalue weighted by molar-refractivity contribution is -0.124. The largest absolute Gasteiger partial charge is 0.274 e.